The van der Waals surface area contributed by atoms with Crippen molar-refractivity contribution in [3.63, 3.8) is 0 Å². The number of halogens is 1. The molecule has 0 radical (unpaired) electrons. The van der Waals surface area contributed by atoms with Crippen molar-refractivity contribution in [3.8, 4) is 0 Å². The van der Waals surface area contributed by atoms with Crippen molar-refractivity contribution in [3.05, 3.63) is 74.6 Å². The molecule has 3 rings (SSSR count). The normalized spacial score (nSPS) is 20.6. The second-order valence-electron chi connectivity index (χ2n) is 5.64. The first kappa shape index (κ1) is 17.9. The molecule has 0 saturated carbocycles. The highest BCUT2D eigenvalue weighted by atomic mass is 79.9. The van der Waals surface area contributed by atoms with Gasteiger partial charge in [0.2, 0.25) is 9.84 Å². The number of benzene rings is 1. The van der Waals surface area contributed by atoms with Crippen LogP contribution < -0.4 is 10.7 Å². The van der Waals surface area contributed by atoms with Crippen molar-refractivity contribution in [1.29, 1.82) is 0 Å². The average molecular weight is 426 g/mol. The number of hydrogen-bond acceptors (Lipinski definition) is 6. The Balaban J connectivity index is 2.08. The first-order valence-electron chi connectivity index (χ1n) is 7.51. The van der Waals surface area contributed by atoms with Crippen molar-refractivity contribution < 1.29 is 17.7 Å². The molecular formula is C17H16BrNO5S. The van der Waals surface area contributed by atoms with Gasteiger partial charge in [-0.15, -0.1) is 0 Å². The van der Waals surface area contributed by atoms with Gasteiger partial charge in [-0.25, -0.2) is 18.3 Å². The van der Waals surface area contributed by atoms with Crippen molar-refractivity contribution in [2.45, 2.75) is 24.8 Å². The Morgan fingerprint density at radius 2 is 2.00 bits per heavy atom. The summed E-state index contributed by atoms with van der Waals surface area (Å²) in [6.07, 6.45) is 0.118. The molecule has 25 heavy (non-hydrogen) atoms. The third-order valence-electron chi connectivity index (χ3n) is 3.96. The van der Waals surface area contributed by atoms with E-state index in [1.165, 1.54) is 5.06 Å². The number of nitrogens with zero attached hydrogens (tertiary/aromatic N) is 1. The van der Waals surface area contributed by atoms with Gasteiger partial charge in [0.05, 0.1) is 5.69 Å². The van der Waals surface area contributed by atoms with E-state index in [-0.39, 0.29) is 6.42 Å². The van der Waals surface area contributed by atoms with Crippen LogP contribution in [-0.4, -0.2) is 13.9 Å². The molecule has 0 N–H and O–H groups in total. The third kappa shape index (κ3) is 3.42. The molecule has 1 saturated heterocycles. The fraction of sp³-hybridized carbons (Fsp3) is 0.235. The summed E-state index contributed by atoms with van der Waals surface area (Å²) in [5.74, 6) is 0.344. The van der Waals surface area contributed by atoms with Gasteiger partial charge in [0, 0.05) is 11.8 Å². The number of sulfone groups is 1. The predicted molar refractivity (Wildman–Crippen MR) is 97.7 cm³/mol. The fourth-order valence-electron chi connectivity index (χ4n) is 2.65. The zero-order chi connectivity index (χ0) is 18.2. The second kappa shape index (κ2) is 6.78. The molecule has 6 nitrogen and oxygen atoms in total. The summed E-state index contributed by atoms with van der Waals surface area (Å²) in [5, 5.41) is 2.35. The quantitative estimate of drug-likeness (QED) is 0.745. The van der Waals surface area contributed by atoms with Gasteiger partial charge in [-0.05, 0) is 46.6 Å². The minimum atomic E-state index is -3.64. The van der Waals surface area contributed by atoms with Crippen LogP contribution in [0.1, 0.15) is 23.8 Å². The summed E-state index contributed by atoms with van der Waals surface area (Å²) in [5.41, 5.74) is -0.241. The summed E-state index contributed by atoms with van der Waals surface area (Å²) < 4.78 is 30.1. The van der Waals surface area contributed by atoms with E-state index in [1.54, 1.807) is 25.1 Å². The minimum absolute atomic E-state index is 0.118. The Bertz CT molecular complexity index is 955. The summed E-state index contributed by atoms with van der Waals surface area (Å²) in [6, 6.07) is 10.2. The van der Waals surface area contributed by atoms with Crippen molar-refractivity contribution in [2.24, 2.45) is 0 Å². The van der Waals surface area contributed by atoms with Gasteiger partial charge in [0.15, 0.2) is 5.44 Å². The van der Waals surface area contributed by atoms with E-state index in [4.69, 9.17) is 9.25 Å². The lowest BCUT2D eigenvalue weighted by molar-refractivity contribution is 0.129. The number of aryl methyl sites for hydroxylation is 1. The topological polar surface area (TPSA) is 76.8 Å². The van der Waals surface area contributed by atoms with E-state index in [2.05, 4.69) is 22.5 Å². The Morgan fingerprint density at radius 1 is 1.32 bits per heavy atom. The molecule has 8 heteroatoms. The largest absolute Gasteiger partial charge is 0.425 e. The molecule has 1 aliphatic rings. The molecule has 0 spiro atoms. The maximum absolute atomic E-state index is 12.2. The predicted octanol–water partition coefficient (Wildman–Crippen LogP) is 3.48. The van der Waals surface area contributed by atoms with Crippen LogP contribution in [0.25, 0.3) is 0 Å². The first-order valence-corrected chi connectivity index (χ1v) is 9.91. The molecule has 1 aliphatic heterocycles. The van der Waals surface area contributed by atoms with Gasteiger partial charge in [0.1, 0.15) is 16.3 Å². The Kier molecular flexibility index (Phi) is 4.86. The standard InChI is InChI=1S/C17H16BrNO5S/c1-3-25(21,22)15-10-13(14-9-11(2)16(18)17(20)23-14)19(24-15)12-7-5-4-6-8-12/h3-9,13,15H,1,10H2,2H3/t13-,15-/m1/s1. The van der Waals surface area contributed by atoms with Gasteiger partial charge < -0.3 is 4.42 Å². The zero-order valence-corrected chi connectivity index (χ0v) is 15.8. The molecule has 0 amide bonds. The number of anilines is 1. The van der Waals surface area contributed by atoms with Crippen LogP contribution in [0.4, 0.5) is 5.69 Å². The van der Waals surface area contributed by atoms with Gasteiger partial charge in [-0.2, -0.15) is 0 Å². The molecule has 1 aromatic carbocycles. The van der Waals surface area contributed by atoms with Crippen LogP contribution in [0, 0.1) is 6.92 Å². The molecule has 1 fully saturated rings. The first-order chi connectivity index (χ1) is 11.8. The molecular weight excluding hydrogens is 410 g/mol. The summed E-state index contributed by atoms with van der Waals surface area (Å²) in [7, 11) is -3.64. The molecule has 2 atom stereocenters. The molecule has 0 unspecified atom stereocenters. The second-order valence-corrected chi connectivity index (χ2v) is 8.47. The summed E-state index contributed by atoms with van der Waals surface area (Å²) in [6.45, 7) is 5.12. The molecule has 2 heterocycles. The lowest BCUT2D eigenvalue weighted by Crippen LogP contribution is -2.24. The zero-order valence-electron chi connectivity index (χ0n) is 13.4. The summed E-state index contributed by atoms with van der Waals surface area (Å²) >= 11 is 3.18. The van der Waals surface area contributed by atoms with Crippen LogP contribution in [0.3, 0.4) is 0 Å². The van der Waals surface area contributed by atoms with Crippen LogP contribution in [0.5, 0.6) is 0 Å². The molecule has 0 aliphatic carbocycles. The number of para-hydroxylation sites is 1. The van der Waals surface area contributed by atoms with Crippen LogP contribution in [-0.2, 0) is 14.7 Å². The fourth-order valence-corrected chi connectivity index (χ4v) is 3.73. The maximum atomic E-state index is 12.2. The highest BCUT2D eigenvalue weighted by Gasteiger charge is 2.42. The maximum Gasteiger partial charge on any atom is 0.350 e. The summed E-state index contributed by atoms with van der Waals surface area (Å²) in [4.78, 5) is 17.7. The monoisotopic (exact) mass is 425 g/mol. The Hall–Kier alpha value is -1.90. The van der Waals surface area contributed by atoms with E-state index in [0.29, 0.717) is 21.5 Å². The van der Waals surface area contributed by atoms with Crippen LogP contribution >= 0.6 is 15.9 Å². The van der Waals surface area contributed by atoms with Crippen molar-refractivity contribution in [1.82, 2.24) is 0 Å². The van der Waals surface area contributed by atoms with Crippen LogP contribution in [0.2, 0.25) is 0 Å². The van der Waals surface area contributed by atoms with E-state index < -0.39 is 26.9 Å². The molecule has 0 bridgehead atoms. The van der Waals surface area contributed by atoms with Crippen molar-refractivity contribution >= 4 is 31.5 Å². The smallest absolute Gasteiger partial charge is 0.350 e. The average Bonchev–Trinajstić information content (AvgIpc) is 3.06. The van der Waals surface area contributed by atoms with Crippen molar-refractivity contribution in [2.75, 3.05) is 5.06 Å². The van der Waals surface area contributed by atoms with Gasteiger partial charge >= 0.3 is 5.63 Å². The van der Waals surface area contributed by atoms with E-state index in [9.17, 15) is 13.2 Å². The molecule has 1 aromatic heterocycles. The molecule has 132 valence electrons. The SMILES string of the molecule is C=CS(=O)(=O)[C@@H]1C[C@H](c2cc(C)c(Br)c(=O)o2)N(c2ccccc2)O1. The van der Waals surface area contributed by atoms with Gasteiger partial charge in [0.25, 0.3) is 0 Å². The minimum Gasteiger partial charge on any atom is -0.425 e. The van der Waals surface area contributed by atoms with Gasteiger partial charge in [-0.1, -0.05) is 24.8 Å². The number of hydroxylamine groups is 1. The third-order valence-corrected chi connectivity index (χ3v) is 6.39. The highest BCUT2D eigenvalue weighted by Crippen LogP contribution is 2.40. The lowest BCUT2D eigenvalue weighted by Gasteiger charge is -2.23. The van der Waals surface area contributed by atoms with E-state index in [1.807, 2.05) is 18.2 Å². The van der Waals surface area contributed by atoms with E-state index in [0.717, 1.165) is 5.41 Å². The number of hydrogen-bond donors (Lipinski definition) is 0. The van der Waals surface area contributed by atoms with Gasteiger partial charge in [-0.3, -0.25) is 4.84 Å². The molecule has 2 aromatic rings. The number of rotatable bonds is 4. The van der Waals surface area contributed by atoms with Crippen LogP contribution in [0.15, 0.2) is 62.1 Å². The Morgan fingerprint density at radius 3 is 2.60 bits per heavy atom. The Labute approximate surface area is 153 Å². The lowest BCUT2D eigenvalue weighted by atomic mass is 10.1. The highest BCUT2D eigenvalue weighted by molar-refractivity contribution is 9.10. The van der Waals surface area contributed by atoms with E-state index >= 15 is 0 Å².